The zero-order valence-electron chi connectivity index (χ0n) is 14.7. The van der Waals surface area contributed by atoms with Crippen molar-refractivity contribution in [2.45, 2.75) is 62.3 Å². The Labute approximate surface area is 150 Å². The number of sulfonamides is 1. The summed E-state index contributed by atoms with van der Waals surface area (Å²) in [7, 11) is -3.52. The zero-order valence-corrected chi connectivity index (χ0v) is 15.5. The first-order valence-corrected chi connectivity index (χ1v) is 10.7. The SMILES string of the molecule is C[C@@H]1Cc2ccccc2N1S(=O)(=O)c1ccc(C2CCCCC2)cc1. The van der Waals surface area contributed by atoms with E-state index in [4.69, 9.17) is 0 Å². The largest absolute Gasteiger partial charge is 0.264 e. The van der Waals surface area contributed by atoms with Crippen molar-refractivity contribution in [2.75, 3.05) is 4.31 Å². The summed E-state index contributed by atoms with van der Waals surface area (Å²) < 4.78 is 28.0. The number of hydrogen-bond acceptors (Lipinski definition) is 2. The molecule has 4 rings (SSSR count). The predicted octanol–water partition coefficient (Wildman–Crippen LogP) is 4.87. The van der Waals surface area contributed by atoms with E-state index in [1.165, 1.54) is 37.7 Å². The van der Waals surface area contributed by atoms with Gasteiger partial charge in [-0.25, -0.2) is 8.42 Å². The standard InChI is InChI=1S/C21H25NO2S/c1-16-15-19-9-5-6-10-21(19)22(16)25(23,24)20-13-11-18(12-14-20)17-7-3-2-4-8-17/h5-6,9-14,16-17H,2-4,7-8,15H2,1H3/t16-/m1/s1. The molecule has 1 atom stereocenters. The molecule has 0 amide bonds. The molecule has 25 heavy (non-hydrogen) atoms. The van der Waals surface area contributed by atoms with E-state index >= 15 is 0 Å². The average Bonchev–Trinajstić information content (AvgIpc) is 2.99. The van der Waals surface area contributed by atoms with Gasteiger partial charge in [0.2, 0.25) is 0 Å². The molecule has 0 saturated heterocycles. The first kappa shape index (κ1) is 16.6. The fraction of sp³-hybridized carbons (Fsp3) is 0.429. The van der Waals surface area contributed by atoms with E-state index in [-0.39, 0.29) is 6.04 Å². The van der Waals surface area contributed by atoms with Gasteiger partial charge in [0, 0.05) is 6.04 Å². The number of fused-ring (bicyclic) bond motifs is 1. The van der Waals surface area contributed by atoms with Crippen molar-refractivity contribution in [1.82, 2.24) is 0 Å². The third-order valence-electron chi connectivity index (χ3n) is 5.66. The lowest BCUT2D eigenvalue weighted by atomic mass is 9.84. The van der Waals surface area contributed by atoms with Crippen LogP contribution in [0.25, 0.3) is 0 Å². The molecule has 0 aromatic heterocycles. The number of nitrogens with zero attached hydrogens (tertiary/aromatic N) is 1. The van der Waals surface area contributed by atoms with Gasteiger partial charge in [0.1, 0.15) is 0 Å². The Hall–Kier alpha value is -1.81. The predicted molar refractivity (Wildman–Crippen MR) is 102 cm³/mol. The van der Waals surface area contributed by atoms with Crippen LogP contribution in [0.15, 0.2) is 53.4 Å². The van der Waals surface area contributed by atoms with Crippen LogP contribution in [0.5, 0.6) is 0 Å². The maximum absolute atomic E-state index is 13.2. The molecule has 0 unspecified atom stereocenters. The molecular formula is C21H25NO2S. The number of anilines is 1. The summed E-state index contributed by atoms with van der Waals surface area (Å²) in [6.07, 6.45) is 7.12. The van der Waals surface area contributed by atoms with Crippen molar-refractivity contribution >= 4 is 15.7 Å². The molecule has 1 heterocycles. The fourth-order valence-electron chi connectivity index (χ4n) is 4.36. The topological polar surface area (TPSA) is 37.4 Å². The average molecular weight is 356 g/mol. The normalized spacial score (nSPS) is 21.3. The third kappa shape index (κ3) is 2.97. The van der Waals surface area contributed by atoms with E-state index < -0.39 is 10.0 Å². The molecule has 0 N–H and O–H groups in total. The number of hydrogen-bond donors (Lipinski definition) is 0. The van der Waals surface area contributed by atoms with E-state index in [2.05, 4.69) is 0 Å². The Morgan fingerprint density at radius 2 is 1.60 bits per heavy atom. The van der Waals surface area contributed by atoms with Crippen LogP contribution < -0.4 is 4.31 Å². The molecule has 2 aromatic rings. The van der Waals surface area contributed by atoms with Crippen LogP contribution in [0.3, 0.4) is 0 Å². The van der Waals surface area contributed by atoms with Gasteiger partial charge in [-0.05, 0) is 61.4 Å². The fourth-order valence-corrected chi connectivity index (χ4v) is 6.06. The minimum Gasteiger partial charge on any atom is -0.263 e. The lowest BCUT2D eigenvalue weighted by molar-refractivity contribution is 0.443. The molecule has 4 heteroatoms. The zero-order chi connectivity index (χ0) is 17.4. The van der Waals surface area contributed by atoms with Gasteiger partial charge < -0.3 is 0 Å². The van der Waals surface area contributed by atoms with Gasteiger partial charge in [-0.15, -0.1) is 0 Å². The summed E-state index contributed by atoms with van der Waals surface area (Å²) in [5, 5.41) is 0. The van der Waals surface area contributed by atoms with Crippen LogP contribution in [0, 0.1) is 0 Å². The van der Waals surface area contributed by atoms with E-state index in [1.807, 2.05) is 43.3 Å². The first-order valence-electron chi connectivity index (χ1n) is 9.29. The van der Waals surface area contributed by atoms with Crippen molar-refractivity contribution in [3.05, 3.63) is 59.7 Å². The molecule has 132 valence electrons. The monoisotopic (exact) mass is 355 g/mol. The van der Waals surface area contributed by atoms with Crippen molar-refractivity contribution < 1.29 is 8.42 Å². The minimum atomic E-state index is -3.52. The van der Waals surface area contributed by atoms with Crippen molar-refractivity contribution in [3.63, 3.8) is 0 Å². The lowest BCUT2D eigenvalue weighted by Crippen LogP contribution is -2.35. The smallest absolute Gasteiger partial charge is 0.263 e. The highest BCUT2D eigenvalue weighted by atomic mass is 32.2. The minimum absolute atomic E-state index is 0.0413. The van der Waals surface area contributed by atoms with E-state index in [0.717, 1.165) is 17.7 Å². The Balaban J connectivity index is 1.64. The van der Waals surface area contributed by atoms with Crippen molar-refractivity contribution in [3.8, 4) is 0 Å². The quantitative estimate of drug-likeness (QED) is 0.787. The molecule has 0 bridgehead atoms. The molecule has 1 fully saturated rings. The molecule has 0 radical (unpaired) electrons. The van der Waals surface area contributed by atoms with Crippen LogP contribution in [-0.4, -0.2) is 14.5 Å². The van der Waals surface area contributed by atoms with Gasteiger partial charge >= 0.3 is 0 Å². The van der Waals surface area contributed by atoms with E-state index in [1.54, 1.807) is 16.4 Å². The van der Waals surface area contributed by atoms with Crippen LogP contribution in [-0.2, 0) is 16.4 Å². The summed E-state index contributed by atoms with van der Waals surface area (Å²) in [6, 6.07) is 15.4. The second kappa shape index (κ2) is 6.49. The number of benzene rings is 2. The van der Waals surface area contributed by atoms with Gasteiger partial charge in [-0.1, -0.05) is 49.6 Å². The molecule has 1 aliphatic heterocycles. The molecule has 2 aliphatic rings. The van der Waals surface area contributed by atoms with Gasteiger partial charge in [-0.3, -0.25) is 4.31 Å². The molecule has 2 aromatic carbocycles. The van der Waals surface area contributed by atoms with Gasteiger partial charge in [0.05, 0.1) is 10.6 Å². The molecule has 0 spiro atoms. The first-order chi connectivity index (χ1) is 12.1. The Morgan fingerprint density at radius 3 is 2.32 bits per heavy atom. The van der Waals surface area contributed by atoms with Crippen molar-refractivity contribution in [1.29, 1.82) is 0 Å². The van der Waals surface area contributed by atoms with Crippen LogP contribution in [0.1, 0.15) is 56.1 Å². The maximum Gasteiger partial charge on any atom is 0.264 e. The Kier molecular flexibility index (Phi) is 4.32. The highest BCUT2D eigenvalue weighted by Gasteiger charge is 2.35. The van der Waals surface area contributed by atoms with E-state index in [0.29, 0.717) is 10.8 Å². The van der Waals surface area contributed by atoms with Gasteiger partial charge in [-0.2, -0.15) is 0 Å². The summed E-state index contributed by atoms with van der Waals surface area (Å²) in [6.45, 7) is 1.98. The van der Waals surface area contributed by atoms with Crippen LogP contribution >= 0.6 is 0 Å². The van der Waals surface area contributed by atoms with Crippen molar-refractivity contribution in [2.24, 2.45) is 0 Å². The highest BCUT2D eigenvalue weighted by Crippen LogP contribution is 2.37. The number of rotatable bonds is 3. The second-order valence-electron chi connectivity index (χ2n) is 7.39. The maximum atomic E-state index is 13.2. The molecule has 1 aliphatic carbocycles. The van der Waals surface area contributed by atoms with Crippen LogP contribution in [0.4, 0.5) is 5.69 Å². The van der Waals surface area contributed by atoms with E-state index in [9.17, 15) is 8.42 Å². The molecular weight excluding hydrogens is 330 g/mol. The van der Waals surface area contributed by atoms with Gasteiger partial charge in [0.25, 0.3) is 10.0 Å². The highest BCUT2D eigenvalue weighted by molar-refractivity contribution is 7.92. The summed E-state index contributed by atoms with van der Waals surface area (Å²) >= 11 is 0. The summed E-state index contributed by atoms with van der Waals surface area (Å²) in [5.41, 5.74) is 3.22. The lowest BCUT2D eigenvalue weighted by Gasteiger charge is -2.25. The molecule has 1 saturated carbocycles. The van der Waals surface area contributed by atoms with Gasteiger partial charge in [0.15, 0.2) is 0 Å². The third-order valence-corrected chi connectivity index (χ3v) is 7.60. The summed E-state index contributed by atoms with van der Waals surface area (Å²) in [5.74, 6) is 0.594. The number of para-hydroxylation sites is 1. The second-order valence-corrected chi connectivity index (χ2v) is 9.20. The summed E-state index contributed by atoms with van der Waals surface area (Å²) in [4.78, 5) is 0.399. The molecule has 3 nitrogen and oxygen atoms in total. The Bertz CT molecular complexity index is 852. The van der Waals surface area contributed by atoms with Crippen LogP contribution in [0.2, 0.25) is 0 Å². The Morgan fingerprint density at radius 1 is 0.920 bits per heavy atom.